The Balaban J connectivity index is 2.16. The Hall–Kier alpha value is -0.820. The average Bonchev–Trinajstić information content (AvgIpc) is 2.26. The van der Waals surface area contributed by atoms with Crippen molar-refractivity contribution >= 4 is 0 Å². The second-order valence-electron chi connectivity index (χ2n) is 5.48. The topological polar surface area (TPSA) is 26.0 Å². The molecule has 88 valence electrons. The van der Waals surface area contributed by atoms with Gasteiger partial charge >= 0.3 is 0 Å². The standard InChI is InChI=1S/C15H23N/c1-12-7-3-4-9-14(12)11-15(16)10-6-5-8-13(15)2/h3-4,7,9,13H,5-6,8,10-11,16H2,1-2H3. The van der Waals surface area contributed by atoms with Crippen LogP contribution in [0.2, 0.25) is 0 Å². The van der Waals surface area contributed by atoms with Crippen LogP contribution in [-0.4, -0.2) is 5.54 Å². The van der Waals surface area contributed by atoms with E-state index in [0.29, 0.717) is 5.92 Å². The van der Waals surface area contributed by atoms with Crippen LogP contribution in [0.25, 0.3) is 0 Å². The van der Waals surface area contributed by atoms with Crippen LogP contribution in [0.1, 0.15) is 43.7 Å². The van der Waals surface area contributed by atoms with E-state index in [1.807, 2.05) is 0 Å². The van der Waals surface area contributed by atoms with Crippen LogP contribution in [0.15, 0.2) is 24.3 Å². The molecule has 16 heavy (non-hydrogen) atoms. The predicted octanol–water partition coefficient (Wildman–Crippen LogP) is 3.45. The molecule has 2 unspecified atom stereocenters. The zero-order valence-corrected chi connectivity index (χ0v) is 10.5. The number of hydrogen-bond donors (Lipinski definition) is 1. The van der Waals surface area contributed by atoms with E-state index in [9.17, 15) is 0 Å². The highest BCUT2D eigenvalue weighted by Gasteiger charge is 2.34. The smallest absolute Gasteiger partial charge is 0.0221 e. The molecule has 0 saturated heterocycles. The van der Waals surface area contributed by atoms with E-state index in [1.165, 1.54) is 36.8 Å². The molecule has 0 radical (unpaired) electrons. The summed E-state index contributed by atoms with van der Waals surface area (Å²) in [7, 11) is 0. The Morgan fingerprint density at radius 2 is 2.06 bits per heavy atom. The first kappa shape index (κ1) is 11.7. The molecule has 1 saturated carbocycles. The Morgan fingerprint density at radius 3 is 2.75 bits per heavy atom. The number of nitrogens with two attached hydrogens (primary N) is 1. The summed E-state index contributed by atoms with van der Waals surface area (Å²) < 4.78 is 0. The molecule has 0 spiro atoms. The lowest BCUT2D eigenvalue weighted by molar-refractivity contribution is 0.203. The summed E-state index contributed by atoms with van der Waals surface area (Å²) in [5.74, 6) is 0.654. The van der Waals surface area contributed by atoms with E-state index >= 15 is 0 Å². The Kier molecular flexibility index (Phi) is 3.34. The fraction of sp³-hybridized carbons (Fsp3) is 0.600. The van der Waals surface area contributed by atoms with Gasteiger partial charge in [0.1, 0.15) is 0 Å². The number of benzene rings is 1. The molecule has 2 rings (SSSR count). The second kappa shape index (κ2) is 4.58. The SMILES string of the molecule is Cc1ccccc1CC1(N)CCCCC1C. The van der Waals surface area contributed by atoms with Crippen LogP contribution < -0.4 is 5.73 Å². The molecule has 1 aliphatic carbocycles. The first-order chi connectivity index (χ1) is 7.62. The van der Waals surface area contributed by atoms with Crippen LogP contribution in [0.4, 0.5) is 0 Å². The maximum atomic E-state index is 6.60. The number of hydrogen-bond acceptors (Lipinski definition) is 1. The van der Waals surface area contributed by atoms with Gasteiger partial charge in [-0.2, -0.15) is 0 Å². The summed E-state index contributed by atoms with van der Waals surface area (Å²) in [6.45, 7) is 4.50. The third-order valence-electron chi connectivity index (χ3n) is 4.29. The molecular weight excluding hydrogens is 194 g/mol. The normalized spacial score (nSPS) is 30.3. The Labute approximate surface area is 99.0 Å². The monoisotopic (exact) mass is 217 g/mol. The van der Waals surface area contributed by atoms with Gasteiger partial charge in [-0.15, -0.1) is 0 Å². The van der Waals surface area contributed by atoms with Gasteiger partial charge in [-0.1, -0.05) is 44.0 Å². The predicted molar refractivity (Wildman–Crippen MR) is 69.4 cm³/mol. The van der Waals surface area contributed by atoms with Crippen LogP contribution >= 0.6 is 0 Å². The molecule has 2 atom stereocenters. The highest BCUT2D eigenvalue weighted by atomic mass is 14.8. The Bertz CT molecular complexity index is 358. The van der Waals surface area contributed by atoms with Crippen molar-refractivity contribution in [3.8, 4) is 0 Å². The molecule has 1 fully saturated rings. The van der Waals surface area contributed by atoms with E-state index in [4.69, 9.17) is 5.73 Å². The highest BCUT2D eigenvalue weighted by Crippen LogP contribution is 2.34. The zero-order valence-electron chi connectivity index (χ0n) is 10.5. The molecule has 0 aliphatic heterocycles. The van der Waals surface area contributed by atoms with E-state index < -0.39 is 0 Å². The molecule has 0 heterocycles. The summed E-state index contributed by atoms with van der Waals surface area (Å²) in [4.78, 5) is 0. The quantitative estimate of drug-likeness (QED) is 0.806. The molecule has 0 aromatic heterocycles. The first-order valence-corrected chi connectivity index (χ1v) is 6.45. The van der Waals surface area contributed by atoms with Gasteiger partial charge in [-0.05, 0) is 43.2 Å². The highest BCUT2D eigenvalue weighted by molar-refractivity contribution is 5.27. The van der Waals surface area contributed by atoms with Gasteiger partial charge < -0.3 is 5.73 Å². The maximum absolute atomic E-state index is 6.60. The molecular formula is C15H23N. The minimum absolute atomic E-state index is 0.0321. The zero-order chi connectivity index (χ0) is 11.6. The number of rotatable bonds is 2. The van der Waals surface area contributed by atoms with E-state index in [1.54, 1.807) is 0 Å². The second-order valence-corrected chi connectivity index (χ2v) is 5.48. The molecule has 1 heteroatoms. The molecule has 0 bridgehead atoms. The number of aryl methyl sites for hydroxylation is 1. The minimum Gasteiger partial charge on any atom is -0.325 e. The van der Waals surface area contributed by atoms with Crippen molar-refractivity contribution in [2.24, 2.45) is 11.7 Å². The fourth-order valence-corrected chi connectivity index (χ4v) is 2.86. The van der Waals surface area contributed by atoms with Gasteiger partial charge in [-0.3, -0.25) is 0 Å². The summed E-state index contributed by atoms with van der Waals surface area (Å²) in [6.07, 6.45) is 6.17. The third-order valence-corrected chi connectivity index (χ3v) is 4.29. The molecule has 1 aliphatic rings. The molecule has 0 amide bonds. The average molecular weight is 217 g/mol. The van der Waals surface area contributed by atoms with Gasteiger partial charge in [0.2, 0.25) is 0 Å². The van der Waals surface area contributed by atoms with Gasteiger partial charge in [0.25, 0.3) is 0 Å². The largest absolute Gasteiger partial charge is 0.325 e. The van der Waals surface area contributed by atoms with Crippen molar-refractivity contribution in [3.63, 3.8) is 0 Å². The fourth-order valence-electron chi connectivity index (χ4n) is 2.86. The summed E-state index contributed by atoms with van der Waals surface area (Å²) in [6, 6.07) is 8.64. The summed E-state index contributed by atoms with van der Waals surface area (Å²) >= 11 is 0. The van der Waals surface area contributed by atoms with Crippen molar-refractivity contribution < 1.29 is 0 Å². The minimum atomic E-state index is 0.0321. The lowest BCUT2D eigenvalue weighted by Crippen LogP contribution is -2.50. The molecule has 2 N–H and O–H groups in total. The first-order valence-electron chi connectivity index (χ1n) is 6.45. The van der Waals surface area contributed by atoms with E-state index in [0.717, 1.165) is 6.42 Å². The van der Waals surface area contributed by atoms with Gasteiger partial charge in [0.05, 0.1) is 0 Å². The van der Waals surface area contributed by atoms with Crippen LogP contribution in [-0.2, 0) is 6.42 Å². The van der Waals surface area contributed by atoms with Crippen molar-refractivity contribution in [3.05, 3.63) is 35.4 Å². The Morgan fingerprint density at radius 1 is 1.31 bits per heavy atom. The molecule has 1 nitrogen and oxygen atoms in total. The molecule has 1 aromatic rings. The van der Waals surface area contributed by atoms with Crippen LogP contribution in [0.3, 0.4) is 0 Å². The van der Waals surface area contributed by atoms with Crippen molar-refractivity contribution in [2.45, 2.75) is 51.5 Å². The summed E-state index contributed by atoms with van der Waals surface area (Å²) in [5, 5.41) is 0. The van der Waals surface area contributed by atoms with Gasteiger partial charge in [0, 0.05) is 5.54 Å². The van der Waals surface area contributed by atoms with Crippen molar-refractivity contribution in [1.29, 1.82) is 0 Å². The van der Waals surface area contributed by atoms with Gasteiger partial charge in [-0.25, -0.2) is 0 Å². The van der Waals surface area contributed by atoms with Crippen LogP contribution in [0.5, 0.6) is 0 Å². The van der Waals surface area contributed by atoms with Crippen molar-refractivity contribution in [1.82, 2.24) is 0 Å². The summed E-state index contributed by atoms with van der Waals surface area (Å²) in [5.41, 5.74) is 9.44. The molecule has 1 aromatic carbocycles. The van der Waals surface area contributed by atoms with E-state index in [2.05, 4.69) is 38.1 Å². The van der Waals surface area contributed by atoms with Crippen LogP contribution in [0, 0.1) is 12.8 Å². The lowest BCUT2D eigenvalue weighted by Gasteiger charge is -2.40. The lowest BCUT2D eigenvalue weighted by atomic mass is 9.71. The van der Waals surface area contributed by atoms with Gasteiger partial charge in [0.15, 0.2) is 0 Å². The van der Waals surface area contributed by atoms with Crippen molar-refractivity contribution in [2.75, 3.05) is 0 Å². The third kappa shape index (κ3) is 2.30. The van der Waals surface area contributed by atoms with E-state index in [-0.39, 0.29) is 5.54 Å². The maximum Gasteiger partial charge on any atom is 0.0221 e.